The van der Waals surface area contributed by atoms with Crippen LogP contribution in [-0.2, 0) is 0 Å². The molecule has 0 saturated carbocycles. The van der Waals surface area contributed by atoms with Crippen LogP contribution in [0, 0.1) is 0 Å². The Hall–Kier alpha value is -0.940. The van der Waals surface area contributed by atoms with E-state index in [0.29, 0.717) is 12.1 Å². The molecule has 0 aliphatic rings. The second kappa shape index (κ2) is 7.90. The maximum Gasteiger partial charge on any atom is 0.387 e. The molecule has 0 spiro atoms. The van der Waals surface area contributed by atoms with Gasteiger partial charge < -0.3 is 10.1 Å². The summed E-state index contributed by atoms with van der Waals surface area (Å²) in [5.41, 5.74) is 1.78. The molecule has 0 atom stereocenters. The van der Waals surface area contributed by atoms with Crippen molar-refractivity contribution in [2.75, 3.05) is 6.54 Å². The molecule has 0 unspecified atom stereocenters. The third-order valence-corrected chi connectivity index (χ3v) is 3.34. The SMILES string of the molecule is CCC(=Cc1cc(Br)ccc1OC(F)F)CNC(C)(C)C. The normalized spacial score (nSPS) is 12.9. The molecule has 1 aromatic rings. The van der Waals surface area contributed by atoms with Crippen LogP contribution in [0.25, 0.3) is 6.08 Å². The van der Waals surface area contributed by atoms with Crippen LogP contribution >= 0.6 is 15.9 Å². The van der Waals surface area contributed by atoms with Crippen molar-refractivity contribution in [1.82, 2.24) is 5.32 Å². The van der Waals surface area contributed by atoms with Crippen molar-refractivity contribution in [3.05, 3.63) is 33.8 Å². The molecule has 0 aliphatic carbocycles. The minimum absolute atomic E-state index is 0.00777. The molecule has 0 bridgehead atoms. The number of hydrogen-bond acceptors (Lipinski definition) is 2. The molecule has 21 heavy (non-hydrogen) atoms. The van der Waals surface area contributed by atoms with E-state index in [1.165, 1.54) is 0 Å². The molecular weight excluding hydrogens is 340 g/mol. The van der Waals surface area contributed by atoms with E-state index in [9.17, 15) is 8.78 Å². The summed E-state index contributed by atoms with van der Waals surface area (Å²) in [6.07, 6.45) is 2.74. The van der Waals surface area contributed by atoms with Crippen LogP contribution in [0.3, 0.4) is 0 Å². The highest BCUT2D eigenvalue weighted by atomic mass is 79.9. The minimum Gasteiger partial charge on any atom is -0.434 e. The third kappa shape index (κ3) is 7.05. The number of hydrogen-bond donors (Lipinski definition) is 1. The monoisotopic (exact) mass is 361 g/mol. The van der Waals surface area contributed by atoms with Gasteiger partial charge in [0.25, 0.3) is 0 Å². The van der Waals surface area contributed by atoms with Gasteiger partial charge in [0.15, 0.2) is 0 Å². The zero-order valence-electron chi connectivity index (χ0n) is 12.8. The molecule has 1 rings (SSSR count). The lowest BCUT2D eigenvalue weighted by molar-refractivity contribution is -0.0500. The summed E-state index contributed by atoms with van der Waals surface area (Å²) in [4.78, 5) is 0. The molecule has 0 aliphatic heterocycles. The Bertz CT molecular complexity index is 496. The molecule has 1 aromatic carbocycles. The lowest BCUT2D eigenvalue weighted by Crippen LogP contribution is -2.36. The summed E-state index contributed by atoms with van der Waals surface area (Å²) in [6, 6.07) is 5.02. The molecule has 5 heteroatoms. The van der Waals surface area contributed by atoms with Crippen molar-refractivity contribution in [2.24, 2.45) is 0 Å². The number of ether oxygens (including phenoxy) is 1. The lowest BCUT2D eigenvalue weighted by Gasteiger charge is -2.21. The van der Waals surface area contributed by atoms with E-state index in [4.69, 9.17) is 0 Å². The number of alkyl halides is 2. The van der Waals surface area contributed by atoms with Crippen LogP contribution in [-0.4, -0.2) is 18.7 Å². The van der Waals surface area contributed by atoms with Gasteiger partial charge >= 0.3 is 6.61 Å². The van der Waals surface area contributed by atoms with Crippen molar-refractivity contribution in [3.8, 4) is 5.75 Å². The number of nitrogens with one attached hydrogen (secondary N) is 1. The summed E-state index contributed by atoms with van der Waals surface area (Å²) in [6.45, 7) is 6.19. The first-order valence-electron chi connectivity index (χ1n) is 6.90. The Balaban J connectivity index is 3.00. The van der Waals surface area contributed by atoms with Gasteiger partial charge in [0, 0.05) is 22.1 Å². The fraction of sp³-hybridized carbons (Fsp3) is 0.500. The summed E-state index contributed by atoms with van der Waals surface area (Å²) < 4.78 is 30.3. The highest BCUT2D eigenvalue weighted by Crippen LogP contribution is 2.27. The summed E-state index contributed by atoms with van der Waals surface area (Å²) in [5.74, 6) is 0.190. The van der Waals surface area contributed by atoms with Crippen LogP contribution in [0.15, 0.2) is 28.2 Å². The first-order valence-corrected chi connectivity index (χ1v) is 7.69. The predicted octanol–water partition coefficient (Wildman–Crippen LogP) is 5.23. The molecule has 1 N–H and O–H groups in total. The summed E-state index contributed by atoms with van der Waals surface area (Å²) in [7, 11) is 0. The van der Waals surface area contributed by atoms with Gasteiger partial charge in [0.1, 0.15) is 5.75 Å². The van der Waals surface area contributed by atoms with Gasteiger partial charge in [-0.15, -0.1) is 0 Å². The summed E-state index contributed by atoms with van der Waals surface area (Å²) >= 11 is 3.36. The molecule has 0 fully saturated rings. The molecule has 0 aromatic heterocycles. The largest absolute Gasteiger partial charge is 0.434 e. The first-order chi connectivity index (χ1) is 9.71. The van der Waals surface area contributed by atoms with Crippen molar-refractivity contribution in [3.63, 3.8) is 0 Å². The quantitative estimate of drug-likeness (QED) is 0.748. The molecule has 0 heterocycles. The van der Waals surface area contributed by atoms with E-state index in [0.717, 1.165) is 16.5 Å². The van der Waals surface area contributed by atoms with Gasteiger partial charge in [-0.2, -0.15) is 8.78 Å². The van der Waals surface area contributed by atoms with Crippen molar-refractivity contribution < 1.29 is 13.5 Å². The Kier molecular flexibility index (Phi) is 6.81. The molecule has 0 saturated heterocycles. The molecule has 118 valence electrons. The zero-order chi connectivity index (χ0) is 16.0. The first kappa shape index (κ1) is 18.1. The van der Waals surface area contributed by atoms with Crippen LogP contribution < -0.4 is 10.1 Å². The van der Waals surface area contributed by atoms with Crippen molar-refractivity contribution >= 4 is 22.0 Å². The van der Waals surface area contributed by atoms with Gasteiger partial charge in [-0.25, -0.2) is 0 Å². The summed E-state index contributed by atoms with van der Waals surface area (Å²) in [5, 5.41) is 3.40. The van der Waals surface area contributed by atoms with Crippen molar-refractivity contribution in [1.29, 1.82) is 0 Å². The van der Waals surface area contributed by atoms with Crippen LogP contribution in [0.2, 0.25) is 0 Å². The average Bonchev–Trinajstić information content (AvgIpc) is 2.36. The number of halogens is 3. The second-order valence-corrected chi connectivity index (χ2v) is 6.74. The maximum absolute atomic E-state index is 12.5. The highest BCUT2D eigenvalue weighted by molar-refractivity contribution is 9.10. The Morgan fingerprint density at radius 1 is 1.38 bits per heavy atom. The van der Waals surface area contributed by atoms with E-state index < -0.39 is 6.61 Å². The van der Waals surface area contributed by atoms with Gasteiger partial charge in [0.05, 0.1) is 0 Å². The zero-order valence-corrected chi connectivity index (χ0v) is 14.4. The highest BCUT2D eigenvalue weighted by Gasteiger charge is 2.11. The van der Waals surface area contributed by atoms with Gasteiger partial charge in [-0.3, -0.25) is 0 Å². The van der Waals surface area contributed by atoms with Gasteiger partial charge in [-0.1, -0.05) is 34.5 Å². The number of benzene rings is 1. The average molecular weight is 362 g/mol. The predicted molar refractivity (Wildman–Crippen MR) is 86.8 cm³/mol. The standard InChI is InChI=1S/C16H22BrF2NO/c1-5-11(10-20-16(2,3)4)8-12-9-13(17)6-7-14(12)21-15(18)19/h6-9,15,20H,5,10H2,1-4H3. The maximum atomic E-state index is 12.5. The van der Waals surface area contributed by atoms with E-state index >= 15 is 0 Å². The van der Waals surface area contributed by atoms with Crippen LogP contribution in [0.5, 0.6) is 5.75 Å². The fourth-order valence-electron chi connectivity index (χ4n) is 1.71. The molecule has 0 radical (unpaired) electrons. The lowest BCUT2D eigenvalue weighted by atomic mass is 10.0. The van der Waals surface area contributed by atoms with E-state index in [1.54, 1.807) is 18.2 Å². The number of rotatable bonds is 6. The fourth-order valence-corrected chi connectivity index (χ4v) is 2.09. The Morgan fingerprint density at radius 3 is 2.57 bits per heavy atom. The third-order valence-electron chi connectivity index (χ3n) is 2.85. The van der Waals surface area contributed by atoms with E-state index in [1.807, 2.05) is 13.0 Å². The Labute approximate surface area is 133 Å². The van der Waals surface area contributed by atoms with Gasteiger partial charge in [-0.05, 0) is 45.4 Å². The van der Waals surface area contributed by atoms with Crippen molar-refractivity contribution in [2.45, 2.75) is 46.3 Å². The van der Waals surface area contributed by atoms with E-state index in [-0.39, 0.29) is 11.3 Å². The van der Waals surface area contributed by atoms with E-state index in [2.05, 4.69) is 46.8 Å². The Morgan fingerprint density at radius 2 is 2.05 bits per heavy atom. The molecule has 0 amide bonds. The molecule has 2 nitrogen and oxygen atoms in total. The topological polar surface area (TPSA) is 21.3 Å². The van der Waals surface area contributed by atoms with Crippen LogP contribution in [0.4, 0.5) is 8.78 Å². The second-order valence-electron chi connectivity index (χ2n) is 5.82. The smallest absolute Gasteiger partial charge is 0.387 e. The van der Waals surface area contributed by atoms with Crippen LogP contribution in [0.1, 0.15) is 39.7 Å². The minimum atomic E-state index is -2.82. The molecular formula is C16H22BrF2NO. The van der Waals surface area contributed by atoms with Gasteiger partial charge in [0.2, 0.25) is 0 Å².